The molecule has 114 valence electrons. The molecule has 0 bridgehead atoms. The molecule has 0 aliphatic rings. The smallest absolute Gasteiger partial charge is 0.270 e. The average molecular weight is 307 g/mol. The molecule has 0 radical (unpaired) electrons. The van der Waals surface area contributed by atoms with E-state index in [4.69, 9.17) is 0 Å². The Hall–Kier alpha value is -3.28. The Morgan fingerprint density at radius 3 is 2.70 bits per heavy atom. The predicted octanol–water partition coefficient (Wildman–Crippen LogP) is 3.70. The number of aromatic nitrogens is 1. The highest BCUT2D eigenvalue weighted by Crippen LogP contribution is 2.24. The summed E-state index contributed by atoms with van der Waals surface area (Å²) in [5.74, 6) is -0.399. The Bertz CT molecular complexity index is 922. The van der Waals surface area contributed by atoms with Gasteiger partial charge in [-0.1, -0.05) is 24.3 Å². The monoisotopic (exact) mass is 307 g/mol. The van der Waals surface area contributed by atoms with Gasteiger partial charge in [-0.25, -0.2) is 0 Å². The zero-order chi connectivity index (χ0) is 16.4. The summed E-state index contributed by atoms with van der Waals surface area (Å²) >= 11 is 0. The van der Waals surface area contributed by atoms with E-state index in [1.165, 1.54) is 18.2 Å². The van der Waals surface area contributed by atoms with Gasteiger partial charge in [0.25, 0.3) is 11.6 Å². The molecular weight excluding hydrogens is 294 g/mol. The molecule has 0 aliphatic carbocycles. The van der Waals surface area contributed by atoms with Crippen LogP contribution < -0.4 is 5.32 Å². The van der Waals surface area contributed by atoms with Gasteiger partial charge in [0.1, 0.15) is 0 Å². The molecular formula is C17H13N3O3. The van der Waals surface area contributed by atoms with E-state index >= 15 is 0 Å². The minimum atomic E-state index is -0.525. The first-order valence-electron chi connectivity index (χ1n) is 6.97. The molecule has 1 amide bonds. The van der Waals surface area contributed by atoms with Crippen LogP contribution in [0, 0.1) is 17.0 Å². The van der Waals surface area contributed by atoms with E-state index in [0.29, 0.717) is 5.69 Å². The lowest BCUT2D eigenvalue weighted by atomic mass is 10.1. The molecule has 3 aromatic rings. The second kappa shape index (κ2) is 5.84. The number of carbonyl (C=O) groups is 1. The fraction of sp³-hybridized carbons (Fsp3) is 0.0588. The van der Waals surface area contributed by atoms with Crippen molar-refractivity contribution < 1.29 is 9.72 Å². The van der Waals surface area contributed by atoms with Gasteiger partial charge >= 0.3 is 0 Å². The largest absolute Gasteiger partial charge is 0.321 e. The van der Waals surface area contributed by atoms with Crippen LogP contribution >= 0.6 is 0 Å². The summed E-state index contributed by atoms with van der Waals surface area (Å²) in [6, 6.07) is 14.9. The Morgan fingerprint density at radius 2 is 1.91 bits per heavy atom. The molecule has 2 aromatic carbocycles. The first kappa shape index (κ1) is 14.6. The van der Waals surface area contributed by atoms with Crippen LogP contribution in [-0.2, 0) is 0 Å². The van der Waals surface area contributed by atoms with E-state index < -0.39 is 10.8 Å². The highest BCUT2D eigenvalue weighted by Gasteiger charge is 2.13. The van der Waals surface area contributed by atoms with Crippen LogP contribution in [0.15, 0.2) is 54.6 Å². The van der Waals surface area contributed by atoms with Gasteiger partial charge in [-0.2, -0.15) is 0 Å². The topological polar surface area (TPSA) is 85.1 Å². The second-order valence-electron chi connectivity index (χ2n) is 5.09. The third-order valence-corrected chi connectivity index (χ3v) is 3.41. The quantitative estimate of drug-likeness (QED) is 0.590. The highest BCUT2D eigenvalue weighted by atomic mass is 16.6. The highest BCUT2D eigenvalue weighted by molar-refractivity contribution is 6.08. The van der Waals surface area contributed by atoms with Crippen LogP contribution in [0.4, 0.5) is 11.4 Å². The lowest BCUT2D eigenvalue weighted by Crippen LogP contribution is -2.12. The lowest BCUT2D eigenvalue weighted by Gasteiger charge is -2.09. The molecule has 0 fully saturated rings. The van der Waals surface area contributed by atoms with Crippen LogP contribution in [0.3, 0.4) is 0 Å². The van der Waals surface area contributed by atoms with Crippen molar-refractivity contribution in [1.29, 1.82) is 0 Å². The second-order valence-corrected chi connectivity index (χ2v) is 5.09. The Labute approximate surface area is 131 Å². The number of benzene rings is 2. The van der Waals surface area contributed by atoms with E-state index in [9.17, 15) is 14.9 Å². The number of anilines is 1. The van der Waals surface area contributed by atoms with E-state index in [1.807, 2.05) is 31.2 Å². The van der Waals surface area contributed by atoms with Gasteiger partial charge in [-0.15, -0.1) is 0 Å². The minimum absolute atomic E-state index is 0.117. The number of hydrogen-bond donors (Lipinski definition) is 1. The summed E-state index contributed by atoms with van der Waals surface area (Å²) in [5.41, 5.74) is 2.30. The molecule has 0 aliphatic heterocycles. The number of non-ortho nitro benzene ring substituents is 1. The molecule has 0 spiro atoms. The number of pyridine rings is 1. The van der Waals surface area contributed by atoms with Crippen molar-refractivity contribution in [1.82, 2.24) is 4.98 Å². The Kier molecular flexibility index (Phi) is 3.72. The molecule has 0 atom stereocenters. The minimum Gasteiger partial charge on any atom is -0.321 e. The van der Waals surface area contributed by atoms with Gasteiger partial charge in [0, 0.05) is 28.8 Å². The fourth-order valence-corrected chi connectivity index (χ4v) is 2.37. The van der Waals surface area contributed by atoms with E-state index in [-0.39, 0.29) is 11.3 Å². The van der Waals surface area contributed by atoms with Crippen molar-refractivity contribution in [2.45, 2.75) is 6.92 Å². The molecule has 0 unspecified atom stereocenters. The van der Waals surface area contributed by atoms with Gasteiger partial charge in [-0.05, 0) is 25.1 Å². The van der Waals surface area contributed by atoms with Crippen molar-refractivity contribution in [2.24, 2.45) is 0 Å². The summed E-state index contributed by atoms with van der Waals surface area (Å²) in [6.07, 6.45) is 0. The van der Waals surface area contributed by atoms with Crippen LogP contribution in [0.5, 0.6) is 0 Å². The molecule has 6 heteroatoms. The summed E-state index contributed by atoms with van der Waals surface area (Å²) in [4.78, 5) is 27.1. The molecule has 1 heterocycles. The summed E-state index contributed by atoms with van der Waals surface area (Å²) in [7, 11) is 0. The maximum Gasteiger partial charge on any atom is 0.270 e. The van der Waals surface area contributed by atoms with Gasteiger partial charge in [0.15, 0.2) is 0 Å². The number of hydrogen-bond acceptors (Lipinski definition) is 4. The maximum atomic E-state index is 12.4. The standard InChI is InChI=1S/C17H13N3O3/c1-11-9-16(14-7-2-3-8-15(14)18-11)19-17(21)12-5-4-6-13(10-12)20(22)23/h2-10H,1H3,(H,18,19,21). The Balaban J connectivity index is 1.97. The molecule has 0 saturated heterocycles. The van der Waals surface area contributed by atoms with Gasteiger partial charge < -0.3 is 5.32 Å². The molecule has 3 rings (SSSR count). The normalized spacial score (nSPS) is 10.5. The molecule has 1 N–H and O–H groups in total. The van der Waals surface area contributed by atoms with Crippen molar-refractivity contribution in [2.75, 3.05) is 5.32 Å². The number of amides is 1. The van der Waals surface area contributed by atoms with Crippen molar-refractivity contribution in [3.63, 3.8) is 0 Å². The van der Waals surface area contributed by atoms with E-state index in [0.717, 1.165) is 16.6 Å². The van der Waals surface area contributed by atoms with Crippen molar-refractivity contribution >= 4 is 28.2 Å². The van der Waals surface area contributed by atoms with Gasteiger partial charge in [0.05, 0.1) is 16.1 Å². The van der Waals surface area contributed by atoms with Gasteiger partial charge in [0.2, 0.25) is 0 Å². The van der Waals surface area contributed by atoms with Crippen LogP contribution in [0.1, 0.15) is 16.1 Å². The summed E-state index contributed by atoms with van der Waals surface area (Å²) < 4.78 is 0. The molecule has 6 nitrogen and oxygen atoms in total. The first-order valence-corrected chi connectivity index (χ1v) is 6.97. The van der Waals surface area contributed by atoms with Crippen molar-refractivity contribution in [3.05, 3.63) is 76.0 Å². The average Bonchev–Trinajstić information content (AvgIpc) is 2.54. The third kappa shape index (κ3) is 3.01. The molecule has 23 heavy (non-hydrogen) atoms. The number of nitro benzene ring substituents is 1. The number of nitro groups is 1. The van der Waals surface area contributed by atoms with Gasteiger partial charge in [-0.3, -0.25) is 19.9 Å². The number of fused-ring (bicyclic) bond motifs is 1. The van der Waals surface area contributed by atoms with E-state index in [2.05, 4.69) is 10.3 Å². The fourth-order valence-electron chi connectivity index (χ4n) is 2.37. The maximum absolute atomic E-state index is 12.4. The lowest BCUT2D eigenvalue weighted by molar-refractivity contribution is -0.384. The zero-order valence-corrected chi connectivity index (χ0v) is 12.3. The van der Waals surface area contributed by atoms with E-state index in [1.54, 1.807) is 12.1 Å². The number of nitrogens with zero attached hydrogens (tertiary/aromatic N) is 2. The number of para-hydroxylation sites is 1. The SMILES string of the molecule is Cc1cc(NC(=O)c2cccc([N+](=O)[O-])c2)c2ccccc2n1. The number of rotatable bonds is 3. The number of nitrogens with one attached hydrogen (secondary N) is 1. The predicted molar refractivity (Wildman–Crippen MR) is 87.5 cm³/mol. The first-order chi connectivity index (χ1) is 11.0. The molecule has 1 aromatic heterocycles. The van der Waals surface area contributed by atoms with Crippen LogP contribution in [-0.4, -0.2) is 15.8 Å². The third-order valence-electron chi connectivity index (χ3n) is 3.41. The Morgan fingerprint density at radius 1 is 1.13 bits per heavy atom. The zero-order valence-electron chi connectivity index (χ0n) is 12.3. The molecule has 0 saturated carbocycles. The van der Waals surface area contributed by atoms with Crippen molar-refractivity contribution in [3.8, 4) is 0 Å². The van der Waals surface area contributed by atoms with Crippen LogP contribution in [0.25, 0.3) is 10.9 Å². The number of aryl methyl sites for hydroxylation is 1. The summed E-state index contributed by atoms with van der Waals surface area (Å²) in [6.45, 7) is 1.84. The van der Waals surface area contributed by atoms with Crippen LogP contribution in [0.2, 0.25) is 0 Å². The summed E-state index contributed by atoms with van der Waals surface area (Å²) in [5, 5.41) is 14.4. The number of carbonyl (C=O) groups excluding carboxylic acids is 1.